The lowest BCUT2D eigenvalue weighted by Crippen LogP contribution is -2.39. The highest BCUT2D eigenvalue weighted by Gasteiger charge is 2.35. The molecular formula is C20H18N2O4S. The average molecular weight is 382 g/mol. The summed E-state index contributed by atoms with van der Waals surface area (Å²) in [5, 5.41) is 2.27. The van der Waals surface area contributed by atoms with Gasteiger partial charge in [0, 0.05) is 6.54 Å². The van der Waals surface area contributed by atoms with Crippen molar-refractivity contribution < 1.29 is 18.8 Å². The fourth-order valence-corrected chi connectivity index (χ4v) is 3.16. The lowest BCUT2D eigenvalue weighted by atomic mass is 10.1. The smallest absolute Gasteiger partial charge is 0.294 e. The Kier molecular flexibility index (Phi) is 5.93. The van der Waals surface area contributed by atoms with Crippen LogP contribution in [0.2, 0.25) is 0 Å². The van der Waals surface area contributed by atoms with Gasteiger partial charge in [-0.2, -0.15) is 0 Å². The molecule has 0 radical (unpaired) electrons. The Balaban J connectivity index is 1.55. The number of allylic oxidation sites excluding steroid dienone is 2. The van der Waals surface area contributed by atoms with Crippen LogP contribution >= 0.6 is 11.8 Å². The first-order chi connectivity index (χ1) is 13.0. The van der Waals surface area contributed by atoms with E-state index in [4.69, 9.17) is 4.42 Å². The van der Waals surface area contributed by atoms with Crippen molar-refractivity contribution in [1.82, 2.24) is 10.2 Å². The molecule has 3 amide bonds. The number of carbonyl (C=O) groups is 3. The third-order valence-corrected chi connectivity index (χ3v) is 4.76. The van der Waals surface area contributed by atoms with Gasteiger partial charge >= 0.3 is 0 Å². The van der Waals surface area contributed by atoms with Gasteiger partial charge in [0.2, 0.25) is 5.91 Å². The number of imide groups is 1. The zero-order valence-corrected chi connectivity index (χ0v) is 15.5. The van der Waals surface area contributed by atoms with Gasteiger partial charge in [-0.05, 0) is 48.5 Å². The van der Waals surface area contributed by atoms with Crippen molar-refractivity contribution in [3.63, 3.8) is 0 Å². The molecule has 27 heavy (non-hydrogen) atoms. The van der Waals surface area contributed by atoms with E-state index in [0.717, 1.165) is 27.8 Å². The number of hydrogen-bond acceptors (Lipinski definition) is 5. The third-order valence-electron chi connectivity index (χ3n) is 3.84. The lowest BCUT2D eigenvalue weighted by Gasteiger charge is -2.12. The van der Waals surface area contributed by atoms with Crippen molar-refractivity contribution >= 4 is 34.9 Å². The third kappa shape index (κ3) is 4.98. The van der Waals surface area contributed by atoms with Crippen molar-refractivity contribution in [3.8, 4) is 0 Å². The summed E-state index contributed by atoms with van der Waals surface area (Å²) in [5.74, 6) is -0.217. The van der Waals surface area contributed by atoms with Crippen LogP contribution in [-0.2, 0) is 16.1 Å². The molecule has 2 aromatic rings. The standard InChI is InChI=1S/C20H18N2O4S/c1-14-7-9-15(10-8-14)12-21-18(23)13-22-19(24)17(27-20(22)25)6-2-4-16-5-3-11-26-16/h2-11H,12-13H2,1H3,(H,21,23)/b4-2+,17-6-. The van der Waals surface area contributed by atoms with Gasteiger partial charge in [0.1, 0.15) is 12.3 Å². The molecule has 1 aromatic carbocycles. The number of rotatable bonds is 6. The molecule has 0 bridgehead atoms. The van der Waals surface area contributed by atoms with Crippen molar-refractivity contribution in [2.45, 2.75) is 13.5 Å². The predicted molar refractivity (Wildman–Crippen MR) is 104 cm³/mol. The van der Waals surface area contributed by atoms with Gasteiger partial charge in [-0.15, -0.1) is 0 Å². The zero-order valence-electron chi connectivity index (χ0n) is 14.7. The fraction of sp³-hybridized carbons (Fsp3) is 0.150. The first-order valence-electron chi connectivity index (χ1n) is 8.31. The van der Waals surface area contributed by atoms with Crippen molar-refractivity contribution in [2.24, 2.45) is 0 Å². The molecule has 0 unspecified atom stereocenters. The quantitative estimate of drug-likeness (QED) is 0.774. The molecule has 1 saturated heterocycles. The van der Waals surface area contributed by atoms with Gasteiger partial charge in [0.15, 0.2) is 0 Å². The normalized spacial score (nSPS) is 15.9. The van der Waals surface area contributed by atoms with Crippen LogP contribution in [0.5, 0.6) is 0 Å². The molecule has 0 aliphatic carbocycles. The Labute approximate surface area is 160 Å². The molecule has 1 aromatic heterocycles. The minimum absolute atomic E-state index is 0.272. The van der Waals surface area contributed by atoms with Crippen LogP contribution in [0.15, 0.2) is 64.1 Å². The first kappa shape index (κ1) is 18.7. The predicted octanol–water partition coefficient (Wildman–Crippen LogP) is 3.50. The van der Waals surface area contributed by atoms with Crippen molar-refractivity contribution in [3.05, 3.63) is 76.6 Å². The number of amides is 3. The van der Waals surface area contributed by atoms with Gasteiger partial charge in [0.05, 0.1) is 11.2 Å². The summed E-state index contributed by atoms with van der Waals surface area (Å²) >= 11 is 0.814. The largest absolute Gasteiger partial charge is 0.465 e. The van der Waals surface area contributed by atoms with Crippen LogP contribution in [0.3, 0.4) is 0 Å². The molecule has 0 spiro atoms. The maximum atomic E-state index is 12.3. The van der Waals surface area contributed by atoms with E-state index in [0.29, 0.717) is 12.3 Å². The maximum Gasteiger partial charge on any atom is 0.294 e. The maximum absolute atomic E-state index is 12.3. The second-order valence-electron chi connectivity index (χ2n) is 5.93. The highest BCUT2D eigenvalue weighted by molar-refractivity contribution is 8.18. The van der Waals surface area contributed by atoms with Crippen LogP contribution in [0.4, 0.5) is 4.79 Å². The Morgan fingerprint density at radius 1 is 1.22 bits per heavy atom. The molecule has 1 aliphatic heterocycles. The van der Waals surface area contributed by atoms with Crippen molar-refractivity contribution in [2.75, 3.05) is 6.54 Å². The number of nitrogens with zero attached hydrogens (tertiary/aromatic N) is 1. The Morgan fingerprint density at radius 3 is 2.70 bits per heavy atom. The second-order valence-corrected chi connectivity index (χ2v) is 6.92. The fourth-order valence-electron chi connectivity index (χ4n) is 2.37. The molecule has 1 fully saturated rings. The van der Waals surface area contributed by atoms with Gasteiger partial charge in [-0.25, -0.2) is 0 Å². The summed E-state index contributed by atoms with van der Waals surface area (Å²) in [6.07, 6.45) is 6.40. The first-order valence-corrected chi connectivity index (χ1v) is 9.12. The number of thioether (sulfide) groups is 1. The van der Waals surface area contributed by atoms with Gasteiger partial charge < -0.3 is 9.73 Å². The minimum Gasteiger partial charge on any atom is -0.465 e. The summed E-state index contributed by atoms with van der Waals surface area (Å²) in [7, 11) is 0. The van der Waals surface area contributed by atoms with Gasteiger partial charge in [-0.1, -0.05) is 35.9 Å². The highest BCUT2D eigenvalue weighted by atomic mass is 32.2. The molecule has 1 N–H and O–H groups in total. The van der Waals surface area contributed by atoms with E-state index in [1.165, 1.54) is 6.08 Å². The number of furan rings is 1. The molecule has 138 valence electrons. The molecule has 0 saturated carbocycles. The van der Waals surface area contributed by atoms with E-state index in [-0.39, 0.29) is 17.4 Å². The van der Waals surface area contributed by atoms with Gasteiger partial charge in [0.25, 0.3) is 11.1 Å². The zero-order chi connectivity index (χ0) is 19.2. The Bertz CT molecular complexity index is 899. The molecule has 1 aliphatic rings. The average Bonchev–Trinajstić information content (AvgIpc) is 3.25. The molecule has 0 atom stereocenters. The van der Waals surface area contributed by atoms with E-state index in [1.54, 1.807) is 30.5 Å². The summed E-state index contributed by atoms with van der Waals surface area (Å²) < 4.78 is 5.15. The van der Waals surface area contributed by atoms with E-state index < -0.39 is 11.1 Å². The number of aryl methyl sites for hydroxylation is 1. The van der Waals surface area contributed by atoms with Crippen LogP contribution in [0, 0.1) is 6.92 Å². The summed E-state index contributed by atoms with van der Waals surface area (Å²) in [4.78, 5) is 37.7. The van der Waals surface area contributed by atoms with Crippen LogP contribution < -0.4 is 5.32 Å². The molecule has 6 nitrogen and oxygen atoms in total. The SMILES string of the molecule is Cc1ccc(CNC(=O)CN2C(=O)S/C(=C\C=C\c3ccco3)C2=O)cc1. The van der Waals surface area contributed by atoms with Crippen LogP contribution in [-0.4, -0.2) is 28.5 Å². The van der Waals surface area contributed by atoms with E-state index >= 15 is 0 Å². The van der Waals surface area contributed by atoms with Crippen LogP contribution in [0.25, 0.3) is 6.08 Å². The monoisotopic (exact) mass is 382 g/mol. The minimum atomic E-state index is -0.473. The van der Waals surface area contributed by atoms with E-state index in [2.05, 4.69) is 5.32 Å². The number of carbonyl (C=O) groups excluding carboxylic acids is 3. The number of hydrogen-bond donors (Lipinski definition) is 1. The summed E-state index contributed by atoms with van der Waals surface area (Å²) in [5.41, 5.74) is 2.09. The van der Waals surface area contributed by atoms with E-state index in [1.807, 2.05) is 31.2 Å². The second kappa shape index (κ2) is 8.55. The Morgan fingerprint density at radius 2 is 2.00 bits per heavy atom. The van der Waals surface area contributed by atoms with E-state index in [9.17, 15) is 14.4 Å². The molecule has 3 rings (SSSR count). The molecular weight excluding hydrogens is 364 g/mol. The summed E-state index contributed by atoms with van der Waals surface area (Å²) in [6.45, 7) is 2.03. The molecule has 7 heteroatoms. The van der Waals surface area contributed by atoms with Crippen LogP contribution in [0.1, 0.15) is 16.9 Å². The number of benzene rings is 1. The number of nitrogens with one attached hydrogen (secondary N) is 1. The Hall–Kier alpha value is -3.06. The van der Waals surface area contributed by atoms with Gasteiger partial charge in [-0.3, -0.25) is 19.3 Å². The molecule has 2 heterocycles. The summed E-state index contributed by atoms with van der Waals surface area (Å²) in [6, 6.07) is 11.3. The highest BCUT2D eigenvalue weighted by Crippen LogP contribution is 2.30. The topological polar surface area (TPSA) is 79.6 Å². The van der Waals surface area contributed by atoms with Crippen molar-refractivity contribution in [1.29, 1.82) is 0 Å². The lowest BCUT2D eigenvalue weighted by molar-refractivity contribution is -0.129.